The van der Waals surface area contributed by atoms with E-state index in [-0.39, 0.29) is 6.42 Å². The molecule has 1 aliphatic rings. The van der Waals surface area contributed by atoms with Crippen LogP contribution in [0.3, 0.4) is 0 Å². The Bertz CT molecular complexity index is 1100. The minimum atomic E-state index is -5.08. The molecule has 2 N–H and O–H groups in total. The lowest BCUT2D eigenvalue weighted by Crippen LogP contribution is -2.35. The van der Waals surface area contributed by atoms with Crippen LogP contribution >= 0.6 is 15.9 Å². The smallest absolute Gasteiger partial charge is 0.481 e. The van der Waals surface area contributed by atoms with E-state index in [1.807, 2.05) is 59.3 Å². The van der Waals surface area contributed by atoms with Crippen LogP contribution in [0.25, 0.3) is 11.4 Å². The molecule has 0 saturated carbocycles. The molecule has 1 unspecified atom stereocenters. The summed E-state index contributed by atoms with van der Waals surface area (Å²) in [6.07, 6.45) is -1.53. The summed E-state index contributed by atoms with van der Waals surface area (Å²) in [6.45, 7) is 0. The Morgan fingerprint density at radius 3 is 2.23 bits per heavy atom. The first-order chi connectivity index (χ1) is 14.1. The molecule has 3 aromatic rings. The second-order valence-corrected chi connectivity index (χ2v) is 7.32. The van der Waals surface area contributed by atoms with Gasteiger partial charge in [-0.05, 0) is 23.3 Å². The van der Waals surface area contributed by atoms with Crippen LogP contribution in [-0.4, -0.2) is 37.9 Å². The van der Waals surface area contributed by atoms with Crippen molar-refractivity contribution in [2.45, 2.75) is 18.1 Å². The number of aliphatic carboxylic acids is 2. The molecule has 0 saturated heterocycles. The lowest BCUT2D eigenvalue weighted by Gasteiger charge is -2.32. The Hall–Kier alpha value is -3.14. The predicted octanol–water partition coefficient (Wildman–Crippen LogP) is 4.53. The first kappa shape index (κ1) is 21.6. The minimum Gasteiger partial charge on any atom is -0.481 e. The fourth-order valence-corrected chi connectivity index (χ4v) is 3.77. The molecule has 156 valence electrons. The SMILES string of the molecule is O=C(O)C(F)(F)F.O=C(O)CC1(c2ccc(Br)cc2)c2ccccc2-c2nccn21. The molecular weight excluding hydrogens is 469 g/mol. The van der Waals surface area contributed by atoms with Crippen LogP contribution in [-0.2, 0) is 15.1 Å². The van der Waals surface area contributed by atoms with Crippen molar-refractivity contribution >= 4 is 27.9 Å². The van der Waals surface area contributed by atoms with Gasteiger partial charge in [0, 0.05) is 22.4 Å². The van der Waals surface area contributed by atoms with Gasteiger partial charge >= 0.3 is 18.1 Å². The normalized spacial score (nSPS) is 16.8. The zero-order chi connectivity index (χ0) is 22.1. The summed E-state index contributed by atoms with van der Waals surface area (Å²) >= 11 is 3.44. The molecule has 2 heterocycles. The highest BCUT2D eigenvalue weighted by atomic mass is 79.9. The number of carboxylic acids is 2. The molecule has 1 atom stereocenters. The van der Waals surface area contributed by atoms with Crippen molar-refractivity contribution in [3.8, 4) is 11.4 Å². The molecular formula is C20H14BrF3N2O4. The summed E-state index contributed by atoms with van der Waals surface area (Å²) in [7, 11) is 0. The van der Waals surface area contributed by atoms with E-state index in [2.05, 4.69) is 20.9 Å². The lowest BCUT2D eigenvalue weighted by atomic mass is 9.80. The molecule has 0 amide bonds. The molecule has 2 aromatic carbocycles. The van der Waals surface area contributed by atoms with Gasteiger partial charge in [-0.25, -0.2) is 9.78 Å². The fraction of sp³-hybridized carbons (Fsp3) is 0.150. The molecule has 0 aliphatic carbocycles. The van der Waals surface area contributed by atoms with Gasteiger partial charge in [0.25, 0.3) is 0 Å². The minimum absolute atomic E-state index is 0.0327. The van der Waals surface area contributed by atoms with E-state index in [1.54, 1.807) is 6.20 Å². The van der Waals surface area contributed by atoms with Crippen LogP contribution in [0.4, 0.5) is 13.2 Å². The van der Waals surface area contributed by atoms with Gasteiger partial charge in [0.05, 0.1) is 6.42 Å². The Kier molecular flexibility index (Phi) is 5.71. The van der Waals surface area contributed by atoms with Crippen molar-refractivity contribution in [3.63, 3.8) is 0 Å². The van der Waals surface area contributed by atoms with Crippen LogP contribution < -0.4 is 0 Å². The van der Waals surface area contributed by atoms with Crippen molar-refractivity contribution in [1.82, 2.24) is 9.55 Å². The number of carbonyl (C=O) groups is 2. The van der Waals surface area contributed by atoms with Crippen LogP contribution in [0.2, 0.25) is 0 Å². The zero-order valence-electron chi connectivity index (χ0n) is 15.1. The lowest BCUT2D eigenvalue weighted by molar-refractivity contribution is -0.192. The summed E-state index contributed by atoms with van der Waals surface area (Å²) < 4.78 is 34.7. The number of carboxylic acid groups (broad SMARTS) is 2. The number of imidazole rings is 1. The second-order valence-electron chi connectivity index (χ2n) is 6.41. The van der Waals surface area contributed by atoms with E-state index < -0.39 is 23.7 Å². The van der Waals surface area contributed by atoms with E-state index >= 15 is 0 Å². The maximum absolute atomic E-state index is 11.7. The van der Waals surface area contributed by atoms with Crippen molar-refractivity contribution in [2.24, 2.45) is 0 Å². The number of nitrogens with zero attached hydrogens (tertiary/aromatic N) is 2. The number of fused-ring (bicyclic) bond motifs is 3. The second kappa shape index (κ2) is 7.94. The number of benzene rings is 2. The number of hydrogen-bond acceptors (Lipinski definition) is 3. The molecule has 6 nitrogen and oxygen atoms in total. The molecule has 30 heavy (non-hydrogen) atoms. The predicted molar refractivity (Wildman–Crippen MR) is 104 cm³/mol. The van der Waals surface area contributed by atoms with E-state index in [0.717, 1.165) is 27.0 Å². The van der Waals surface area contributed by atoms with Gasteiger partial charge in [0.15, 0.2) is 0 Å². The maximum atomic E-state index is 11.7. The van der Waals surface area contributed by atoms with Crippen LogP contribution in [0.1, 0.15) is 17.5 Å². The number of hydrogen-bond donors (Lipinski definition) is 2. The van der Waals surface area contributed by atoms with Gasteiger partial charge in [0.1, 0.15) is 11.4 Å². The zero-order valence-corrected chi connectivity index (χ0v) is 16.7. The van der Waals surface area contributed by atoms with Gasteiger partial charge < -0.3 is 14.8 Å². The van der Waals surface area contributed by atoms with Crippen LogP contribution in [0, 0.1) is 0 Å². The Morgan fingerprint density at radius 2 is 1.67 bits per heavy atom. The average molecular weight is 483 g/mol. The van der Waals surface area contributed by atoms with Gasteiger partial charge in [0.2, 0.25) is 0 Å². The van der Waals surface area contributed by atoms with Crippen molar-refractivity contribution < 1.29 is 33.0 Å². The highest BCUT2D eigenvalue weighted by molar-refractivity contribution is 9.10. The topological polar surface area (TPSA) is 92.4 Å². The average Bonchev–Trinajstić information content (AvgIpc) is 3.24. The third kappa shape index (κ3) is 3.82. The standard InChI is InChI=1S/C18H13BrN2O2.C2HF3O2/c19-13-7-5-12(6-8-13)18(11-16(22)23)15-4-2-1-3-14(15)17-20-9-10-21(17)18;3-2(4,5)1(6)7/h1-10H,11H2,(H,22,23);(H,6,7). The monoisotopic (exact) mass is 482 g/mol. The third-order valence-electron chi connectivity index (χ3n) is 4.64. The van der Waals surface area contributed by atoms with Crippen molar-refractivity contribution in [2.75, 3.05) is 0 Å². The van der Waals surface area contributed by atoms with Crippen LogP contribution in [0.15, 0.2) is 65.4 Å². The molecule has 4 rings (SSSR count). The highest BCUT2D eigenvalue weighted by Gasteiger charge is 2.46. The number of rotatable bonds is 3. The first-order valence-electron chi connectivity index (χ1n) is 8.49. The Morgan fingerprint density at radius 1 is 1.07 bits per heavy atom. The number of halogens is 4. The summed E-state index contributed by atoms with van der Waals surface area (Å²) in [4.78, 5) is 25.0. The maximum Gasteiger partial charge on any atom is 0.490 e. The molecule has 10 heteroatoms. The van der Waals surface area contributed by atoms with Gasteiger partial charge in [-0.2, -0.15) is 13.2 Å². The fourth-order valence-electron chi connectivity index (χ4n) is 3.50. The summed E-state index contributed by atoms with van der Waals surface area (Å²) in [5.41, 5.74) is 2.14. The van der Waals surface area contributed by atoms with E-state index in [0.29, 0.717) is 0 Å². The summed E-state index contributed by atoms with van der Waals surface area (Å²) in [6, 6.07) is 15.7. The summed E-state index contributed by atoms with van der Waals surface area (Å²) in [5.74, 6) is -2.79. The number of aromatic nitrogens is 2. The van der Waals surface area contributed by atoms with E-state index in [4.69, 9.17) is 9.90 Å². The third-order valence-corrected chi connectivity index (χ3v) is 5.17. The van der Waals surface area contributed by atoms with Gasteiger partial charge in [-0.1, -0.05) is 52.3 Å². The quantitative estimate of drug-likeness (QED) is 0.572. The van der Waals surface area contributed by atoms with Gasteiger partial charge in [-0.3, -0.25) is 4.79 Å². The molecule has 0 spiro atoms. The highest BCUT2D eigenvalue weighted by Crippen LogP contribution is 2.48. The largest absolute Gasteiger partial charge is 0.490 e. The summed E-state index contributed by atoms with van der Waals surface area (Å²) in [5, 5.41) is 16.7. The first-order valence-corrected chi connectivity index (χ1v) is 9.28. The van der Waals surface area contributed by atoms with Gasteiger partial charge in [-0.15, -0.1) is 0 Å². The molecule has 0 fully saturated rings. The Labute approximate surface area is 176 Å². The molecule has 0 bridgehead atoms. The molecule has 1 aliphatic heterocycles. The van der Waals surface area contributed by atoms with Crippen LogP contribution in [0.5, 0.6) is 0 Å². The Balaban J connectivity index is 0.000000318. The number of alkyl halides is 3. The molecule has 0 radical (unpaired) electrons. The van der Waals surface area contributed by atoms with E-state index in [9.17, 15) is 23.1 Å². The van der Waals surface area contributed by atoms with Crippen molar-refractivity contribution in [1.29, 1.82) is 0 Å². The van der Waals surface area contributed by atoms with E-state index in [1.165, 1.54) is 0 Å². The van der Waals surface area contributed by atoms with Crippen molar-refractivity contribution in [3.05, 3.63) is 76.5 Å². The molecule has 1 aromatic heterocycles.